The van der Waals surface area contributed by atoms with Gasteiger partial charge in [0.25, 0.3) is 0 Å². The average molecular weight is 451 g/mol. The summed E-state index contributed by atoms with van der Waals surface area (Å²) in [6.45, 7) is 6.82. The summed E-state index contributed by atoms with van der Waals surface area (Å²) in [7, 11) is 2.11. The molecule has 1 aromatic heterocycles. The monoisotopic (exact) mass is 450 g/mol. The fourth-order valence-electron chi connectivity index (χ4n) is 4.39. The number of rotatable bonds is 5. The molecule has 3 aliphatic heterocycles. The first kappa shape index (κ1) is 21.7. The first-order valence-corrected chi connectivity index (χ1v) is 11.5. The van der Waals surface area contributed by atoms with Gasteiger partial charge in [0.1, 0.15) is 11.9 Å². The highest BCUT2D eigenvalue weighted by atomic mass is 16.5. The highest BCUT2D eigenvalue weighted by Gasteiger charge is 2.33. The van der Waals surface area contributed by atoms with Crippen molar-refractivity contribution in [1.82, 2.24) is 24.6 Å². The van der Waals surface area contributed by atoms with Crippen molar-refractivity contribution in [3.8, 4) is 5.75 Å². The van der Waals surface area contributed by atoms with Crippen LogP contribution in [0.4, 0.5) is 10.5 Å². The first-order chi connectivity index (χ1) is 16.0. The van der Waals surface area contributed by atoms with Crippen molar-refractivity contribution in [2.45, 2.75) is 19.2 Å². The molecule has 3 aliphatic rings. The van der Waals surface area contributed by atoms with Crippen molar-refractivity contribution in [2.24, 2.45) is 0 Å². The van der Waals surface area contributed by atoms with E-state index < -0.39 is 0 Å². The van der Waals surface area contributed by atoms with Crippen LogP contribution in [-0.2, 0) is 17.9 Å². The van der Waals surface area contributed by atoms with E-state index in [1.54, 1.807) is 11.1 Å². The predicted octanol–water partition coefficient (Wildman–Crippen LogP) is 1.47. The highest BCUT2D eigenvalue weighted by Crippen LogP contribution is 2.24. The van der Waals surface area contributed by atoms with Gasteiger partial charge in [-0.25, -0.2) is 4.79 Å². The van der Waals surface area contributed by atoms with Crippen molar-refractivity contribution < 1.29 is 14.3 Å². The molecule has 1 N–H and O–H groups in total. The number of hydrogen-bond acceptors (Lipinski definition) is 6. The molecule has 33 heavy (non-hydrogen) atoms. The third kappa shape index (κ3) is 5.09. The van der Waals surface area contributed by atoms with E-state index >= 15 is 0 Å². The molecule has 9 nitrogen and oxygen atoms in total. The molecular formula is C24H30N6O3. The lowest BCUT2D eigenvalue weighted by atomic mass is 10.1. The number of carbonyl (C=O) groups excluding carboxylic acids is 2. The number of ether oxygens (including phenoxy) is 1. The average Bonchev–Trinajstić information content (AvgIpc) is 3.23. The Labute approximate surface area is 193 Å². The van der Waals surface area contributed by atoms with Gasteiger partial charge in [0.15, 0.2) is 0 Å². The molecule has 9 heteroatoms. The number of nitrogens with zero attached hydrogens (tertiary/aromatic N) is 5. The minimum Gasteiger partial charge on any atom is -0.487 e. The number of piperazine rings is 1. The second-order valence-electron chi connectivity index (χ2n) is 9.07. The van der Waals surface area contributed by atoms with Crippen LogP contribution >= 0.6 is 0 Å². The number of nitrogens with one attached hydrogen (secondary N) is 1. The van der Waals surface area contributed by atoms with Gasteiger partial charge >= 0.3 is 6.03 Å². The molecule has 1 aromatic carbocycles. The number of likely N-dealkylation sites (N-methyl/N-ethyl adjacent to an activating group) is 1. The number of aromatic nitrogens is 1. The van der Waals surface area contributed by atoms with Gasteiger partial charge in [0.05, 0.1) is 19.6 Å². The molecule has 5 rings (SSSR count). The minimum absolute atomic E-state index is 0.0126. The summed E-state index contributed by atoms with van der Waals surface area (Å²) in [5.41, 5.74) is 2.95. The molecule has 3 amide bonds. The van der Waals surface area contributed by atoms with Gasteiger partial charge in [-0.05, 0) is 48.5 Å². The third-order valence-corrected chi connectivity index (χ3v) is 6.58. The molecule has 0 radical (unpaired) electrons. The Morgan fingerprint density at radius 3 is 2.45 bits per heavy atom. The Morgan fingerprint density at radius 1 is 1.00 bits per heavy atom. The van der Waals surface area contributed by atoms with E-state index in [0.29, 0.717) is 32.7 Å². The van der Waals surface area contributed by atoms with Gasteiger partial charge in [0.2, 0.25) is 5.91 Å². The van der Waals surface area contributed by atoms with Crippen molar-refractivity contribution in [2.75, 3.05) is 58.2 Å². The third-order valence-electron chi connectivity index (χ3n) is 6.58. The number of likely N-dealkylation sites (tertiary alicyclic amines) is 1. The number of urea groups is 1. The number of hydrogen-bond donors (Lipinski definition) is 1. The van der Waals surface area contributed by atoms with Gasteiger partial charge in [-0.3, -0.25) is 14.7 Å². The Kier molecular flexibility index (Phi) is 6.15. The van der Waals surface area contributed by atoms with Crippen LogP contribution in [0.15, 0.2) is 42.7 Å². The van der Waals surface area contributed by atoms with Gasteiger partial charge in [-0.1, -0.05) is 0 Å². The van der Waals surface area contributed by atoms with Gasteiger partial charge in [0, 0.05) is 57.3 Å². The van der Waals surface area contributed by atoms with Crippen molar-refractivity contribution in [1.29, 1.82) is 0 Å². The Hall–Kier alpha value is -3.17. The maximum absolute atomic E-state index is 12.6. The second kappa shape index (κ2) is 9.36. The van der Waals surface area contributed by atoms with Gasteiger partial charge in [-0.15, -0.1) is 0 Å². The Bertz CT molecular complexity index is 975. The molecule has 0 bridgehead atoms. The van der Waals surface area contributed by atoms with E-state index in [9.17, 15) is 9.59 Å². The van der Waals surface area contributed by atoms with Gasteiger partial charge < -0.3 is 24.8 Å². The fourth-order valence-corrected chi connectivity index (χ4v) is 4.39. The molecule has 0 spiro atoms. The molecule has 0 atom stereocenters. The van der Waals surface area contributed by atoms with Crippen LogP contribution in [0.2, 0.25) is 0 Å². The second-order valence-corrected chi connectivity index (χ2v) is 9.07. The van der Waals surface area contributed by atoms with Crippen molar-refractivity contribution in [3.63, 3.8) is 0 Å². The summed E-state index contributed by atoms with van der Waals surface area (Å²) in [6.07, 6.45) is 3.58. The normalized spacial score (nSPS) is 19.2. The molecule has 4 heterocycles. The number of fused-ring (bicyclic) bond motifs is 1. The molecule has 0 saturated carbocycles. The lowest BCUT2D eigenvalue weighted by Crippen LogP contribution is -2.59. The quantitative estimate of drug-likeness (QED) is 0.743. The zero-order valence-electron chi connectivity index (χ0n) is 18.9. The smallest absolute Gasteiger partial charge is 0.322 e. The van der Waals surface area contributed by atoms with Crippen LogP contribution in [0, 0.1) is 0 Å². The molecule has 2 fully saturated rings. The van der Waals surface area contributed by atoms with Crippen LogP contribution in [0.1, 0.15) is 11.1 Å². The maximum Gasteiger partial charge on any atom is 0.322 e. The molecule has 2 aromatic rings. The summed E-state index contributed by atoms with van der Waals surface area (Å²) in [6, 6.07) is 9.21. The molecular weight excluding hydrogens is 420 g/mol. The summed E-state index contributed by atoms with van der Waals surface area (Å²) in [5.74, 6) is 0.918. The molecule has 0 aliphatic carbocycles. The zero-order chi connectivity index (χ0) is 22.8. The largest absolute Gasteiger partial charge is 0.487 e. The highest BCUT2D eigenvalue weighted by molar-refractivity contribution is 5.89. The summed E-state index contributed by atoms with van der Waals surface area (Å²) >= 11 is 0. The van der Waals surface area contributed by atoms with Crippen LogP contribution < -0.4 is 10.1 Å². The molecule has 174 valence electrons. The summed E-state index contributed by atoms with van der Waals surface area (Å²) < 4.78 is 5.99. The van der Waals surface area contributed by atoms with E-state index in [1.165, 1.54) is 0 Å². The zero-order valence-corrected chi connectivity index (χ0v) is 18.9. The van der Waals surface area contributed by atoms with E-state index in [4.69, 9.17) is 4.74 Å². The van der Waals surface area contributed by atoms with Crippen LogP contribution in [-0.4, -0.2) is 95.5 Å². The lowest BCUT2D eigenvalue weighted by Gasteiger charge is -2.40. The van der Waals surface area contributed by atoms with Crippen LogP contribution in [0.3, 0.4) is 0 Å². The maximum atomic E-state index is 12.6. The summed E-state index contributed by atoms with van der Waals surface area (Å²) in [5, 5.41) is 2.94. The fraction of sp³-hybridized carbons (Fsp3) is 0.458. The van der Waals surface area contributed by atoms with Gasteiger partial charge in [-0.2, -0.15) is 0 Å². The number of pyridine rings is 1. The van der Waals surface area contributed by atoms with E-state index in [-0.39, 0.29) is 18.0 Å². The number of benzene rings is 1. The van der Waals surface area contributed by atoms with Crippen molar-refractivity contribution >= 4 is 17.6 Å². The first-order valence-electron chi connectivity index (χ1n) is 11.5. The van der Waals surface area contributed by atoms with Crippen LogP contribution in [0.25, 0.3) is 0 Å². The molecule has 2 saturated heterocycles. The Morgan fingerprint density at radius 2 is 1.73 bits per heavy atom. The van der Waals surface area contributed by atoms with E-state index in [2.05, 4.69) is 27.1 Å². The topological polar surface area (TPSA) is 81.2 Å². The minimum atomic E-state index is -0.131. The van der Waals surface area contributed by atoms with E-state index in [0.717, 1.165) is 48.7 Å². The predicted molar refractivity (Wildman–Crippen MR) is 124 cm³/mol. The number of carbonyl (C=O) groups is 2. The Balaban J connectivity index is 1.04. The lowest BCUT2D eigenvalue weighted by molar-refractivity contribution is -0.141. The van der Waals surface area contributed by atoms with E-state index in [1.807, 2.05) is 41.4 Å². The number of amides is 3. The molecule has 0 unspecified atom stereocenters. The summed E-state index contributed by atoms with van der Waals surface area (Å²) in [4.78, 5) is 37.3. The van der Waals surface area contributed by atoms with Crippen molar-refractivity contribution in [3.05, 3.63) is 53.9 Å². The van der Waals surface area contributed by atoms with Crippen LogP contribution in [0.5, 0.6) is 5.75 Å². The number of anilines is 1. The SMILES string of the molecule is CN1CCN(CC(=O)N2CC(Oc3ccc(NC(=O)N4Cc5ccncc5C4)cc3)C2)CC1. The standard InChI is InChI=1S/C24H30N6O3/c1-27-8-10-28(11-9-27)17-23(31)29-15-22(16-29)33-21-4-2-20(3-5-21)26-24(32)30-13-18-6-7-25-12-19(18)14-30/h2-7,12,22H,8-11,13-17H2,1H3,(H,26,32).